The molecule has 0 aliphatic heterocycles. The summed E-state index contributed by atoms with van der Waals surface area (Å²) in [5, 5.41) is 13.1. The summed E-state index contributed by atoms with van der Waals surface area (Å²) in [7, 11) is 0. The third-order valence-corrected chi connectivity index (χ3v) is 3.96. The first-order chi connectivity index (χ1) is 9.68. The molecule has 0 radical (unpaired) electrons. The van der Waals surface area contributed by atoms with Gasteiger partial charge in [-0.25, -0.2) is 0 Å². The lowest BCUT2D eigenvalue weighted by Gasteiger charge is -2.29. The van der Waals surface area contributed by atoms with E-state index < -0.39 is 5.54 Å². The molecule has 4 heteroatoms. The van der Waals surface area contributed by atoms with Gasteiger partial charge in [-0.2, -0.15) is 11.8 Å². The number of aliphatic hydroxyl groups is 1. The van der Waals surface area contributed by atoms with Crippen LogP contribution >= 0.6 is 11.8 Å². The van der Waals surface area contributed by atoms with Gasteiger partial charge < -0.3 is 9.52 Å². The lowest BCUT2D eigenvalue weighted by molar-refractivity contribution is 0.170. The van der Waals surface area contributed by atoms with E-state index in [1.54, 1.807) is 11.8 Å². The van der Waals surface area contributed by atoms with Gasteiger partial charge in [-0.1, -0.05) is 30.3 Å². The topological polar surface area (TPSA) is 45.4 Å². The number of furan rings is 1. The van der Waals surface area contributed by atoms with Gasteiger partial charge in [-0.15, -0.1) is 0 Å². The molecule has 3 nitrogen and oxygen atoms in total. The highest BCUT2D eigenvalue weighted by atomic mass is 32.2. The van der Waals surface area contributed by atoms with Gasteiger partial charge in [0.1, 0.15) is 11.5 Å². The smallest absolute Gasteiger partial charge is 0.118 e. The minimum atomic E-state index is -0.465. The summed E-state index contributed by atoms with van der Waals surface area (Å²) >= 11 is 1.74. The number of hydrogen-bond donors (Lipinski definition) is 2. The molecule has 2 N–H and O–H groups in total. The molecule has 0 saturated heterocycles. The molecular weight excluding hydrogens is 270 g/mol. The van der Waals surface area contributed by atoms with Crippen molar-refractivity contribution in [3.8, 4) is 0 Å². The Morgan fingerprint density at radius 2 is 1.85 bits per heavy atom. The highest BCUT2D eigenvalue weighted by molar-refractivity contribution is 7.97. The molecule has 20 heavy (non-hydrogen) atoms. The minimum absolute atomic E-state index is 0.0371. The Balaban J connectivity index is 2.03. The SMILES string of the molecule is CSCc1ccc(CNC(C)(CO)c2ccccc2)o1. The second-order valence-electron chi connectivity index (χ2n) is 5.01. The third kappa shape index (κ3) is 3.66. The van der Waals surface area contributed by atoms with Crippen LogP contribution in [0.15, 0.2) is 46.9 Å². The highest BCUT2D eigenvalue weighted by Crippen LogP contribution is 2.21. The van der Waals surface area contributed by atoms with E-state index in [0.29, 0.717) is 6.54 Å². The maximum absolute atomic E-state index is 9.71. The lowest BCUT2D eigenvalue weighted by Crippen LogP contribution is -2.42. The van der Waals surface area contributed by atoms with Crippen molar-refractivity contribution in [3.05, 3.63) is 59.5 Å². The molecule has 0 amide bonds. The van der Waals surface area contributed by atoms with E-state index in [4.69, 9.17) is 4.42 Å². The summed E-state index contributed by atoms with van der Waals surface area (Å²) in [4.78, 5) is 0. The van der Waals surface area contributed by atoms with E-state index in [1.165, 1.54) is 0 Å². The highest BCUT2D eigenvalue weighted by Gasteiger charge is 2.25. The van der Waals surface area contributed by atoms with Gasteiger partial charge >= 0.3 is 0 Å². The van der Waals surface area contributed by atoms with Gasteiger partial charge in [0.2, 0.25) is 0 Å². The summed E-state index contributed by atoms with van der Waals surface area (Å²) in [5.41, 5.74) is 0.603. The molecule has 108 valence electrons. The fourth-order valence-corrected chi connectivity index (χ4v) is 2.51. The average Bonchev–Trinajstić information content (AvgIpc) is 2.94. The zero-order valence-corrected chi connectivity index (χ0v) is 12.7. The molecule has 1 unspecified atom stereocenters. The fourth-order valence-electron chi connectivity index (χ4n) is 2.07. The Hall–Kier alpha value is -1.23. The molecule has 0 spiro atoms. The Morgan fingerprint density at radius 1 is 1.15 bits per heavy atom. The van der Waals surface area contributed by atoms with Crippen molar-refractivity contribution < 1.29 is 9.52 Å². The van der Waals surface area contributed by atoms with Crippen LogP contribution in [0.2, 0.25) is 0 Å². The number of aliphatic hydroxyl groups excluding tert-OH is 1. The monoisotopic (exact) mass is 291 g/mol. The first kappa shape index (κ1) is 15.2. The Morgan fingerprint density at radius 3 is 2.50 bits per heavy atom. The van der Waals surface area contributed by atoms with Crippen LogP contribution in [0, 0.1) is 0 Å². The van der Waals surface area contributed by atoms with Crippen LogP contribution in [-0.4, -0.2) is 18.0 Å². The van der Waals surface area contributed by atoms with Crippen molar-refractivity contribution in [2.45, 2.75) is 24.8 Å². The predicted molar refractivity (Wildman–Crippen MR) is 83.6 cm³/mol. The van der Waals surface area contributed by atoms with Crippen LogP contribution in [0.25, 0.3) is 0 Å². The van der Waals surface area contributed by atoms with Gasteiger partial charge in [0, 0.05) is 0 Å². The second kappa shape index (κ2) is 6.97. The summed E-state index contributed by atoms with van der Waals surface area (Å²) in [6.07, 6.45) is 2.05. The largest absolute Gasteiger partial charge is 0.464 e. The number of rotatable bonds is 7. The Bertz CT molecular complexity index is 526. The average molecular weight is 291 g/mol. The number of nitrogens with one attached hydrogen (secondary N) is 1. The molecule has 0 aliphatic rings. The van der Waals surface area contributed by atoms with Crippen molar-refractivity contribution in [1.82, 2.24) is 5.32 Å². The molecule has 1 atom stereocenters. The number of thioether (sulfide) groups is 1. The predicted octanol–water partition coefficient (Wildman–Crippen LogP) is 3.14. The standard InChI is InChI=1S/C16H21NO2S/c1-16(12-18,13-6-4-3-5-7-13)17-10-14-8-9-15(19-14)11-20-2/h3-9,17-18H,10-12H2,1-2H3. The quantitative estimate of drug-likeness (QED) is 0.822. The zero-order valence-electron chi connectivity index (χ0n) is 11.9. The van der Waals surface area contributed by atoms with E-state index in [2.05, 4.69) is 11.6 Å². The molecule has 1 aromatic heterocycles. The molecule has 2 rings (SSSR count). The van der Waals surface area contributed by atoms with Crippen LogP contribution in [0.3, 0.4) is 0 Å². The maximum Gasteiger partial charge on any atom is 0.118 e. The van der Waals surface area contributed by atoms with Gasteiger partial charge in [-0.3, -0.25) is 5.32 Å². The lowest BCUT2D eigenvalue weighted by atomic mass is 9.93. The van der Waals surface area contributed by atoms with E-state index >= 15 is 0 Å². The fraction of sp³-hybridized carbons (Fsp3) is 0.375. The van der Waals surface area contributed by atoms with Crippen LogP contribution in [-0.2, 0) is 17.8 Å². The van der Waals surface area contributed by atoms with Crippen molar-refractivity contribution in [3.63, 3.8) is 0 Å². The van der Waals surface area contributed by atoms with Crippen molar-refractivity contribution >= 4 is 11.8 Å². The van der Waals surface area contributed by atoms with E-state index in [-0.39, 0.29) is 6.61 Å². The summed E-state index contributed by atoms with van der Waals surface area (Å²) in [5.74, 6) is 2.76. The van der Waals surface area contributed by atoms with Gasteiger partial charge in [0.05, 0.1) is 24.4 Å². The molecule has 0 saturated carbocycles. The van der Waals surface area contributed by atoms with Crippen molar-refractivity contribution in [2.75, 3.05) is 12.9 Å². The molecular formula is C16H21NO2S. The Labute approximate surface area is 124 Å². The summed E-state index contributed by atoms with van der Waals surface area (Å²) < 4.78 is 5.73. The second-order valence-corrected chi connectivity index (χ2v) is 5.88. The van der Waals surface area contributed by atoms with E-state index in [1.807, 2.05) is 49.4 Å². The van der Waals surface area contributed by atoms with Crippen molar-refractivity contribution in [2.24, 2.45) is 0 Å². The zero-order chi connectivity index (χ0) is 14.4. The van der Waals surface area contributed by atoms with E-state index in [0.717, 1.165) is 22.8 Å². The van der Waals surface area contributed by atoms with Crippen LogP contribution < -0.4 is 5.32 Å². The van der Waals surface area contributed by atoms with Gasteiger partial charge in [0.25, 0.3) is 0 Å². The summed E-state index contributed by atoms with van der Waals surface area (Å²) in [6, 6.07) is 14.0. The normalized spacial score (nSPS) is 14.2. The van der Waals surface area contributed by atoms with Gasteiger partial charge in [0.15, 0.2) is 0 Å². The molecule has 0 fully saturated rings. The number of hydrogen-bond acceptors (Lipinski definition) is 4. The van der Waals surface area contributed by atoms with Crippen LogP contribution in [0.4, 0.5) is 0 Å². The van der Waals surface area contributed by atoms with E-state index in [9.17, 15) is 5.11 Å². The molecule has 1 aromatic carbocycles. The van der Waals surface area contributed by atoms with Gasteiger partial charge in [-0.05, 0) is 30.9 Å². The maximum atomic E-state index is 9.71. The molecule has 1 heterocycles. The third-order valence-electron chi connectivity index (χ3n) is 3.38. The Kier molecular flexibility index (Phi) is 5.29. The minimum Gasteiger partial charge on any atom is -0.464 e. The van der Waals surface area contributed by atoms with Crippen LogP contribution in [0.5, 0.6) is 0 Å². The number of benzene rings is 1. The first-order valence-corrected chi connectivity index (χ1v) is 8.05. The summed E-state index contributed by atoms with van der Waals surface area (Å²) in [6.45, 7) is 2.63. The van der Waals surface area contributed by atoms with Crippen LogP contribution in [0.1, 0.15) is 24.0 Å². The molecule has 0 bridgehead atoms. The molecule has 2 aromatic rings. The van der Waals surface area contributed by atoms with Crippen molar-refractivity contribution in [1.29, 1.82) is 0 Å². The first-order valence-electron chi connectivity index (χ1n) is 6.66. The molecule has 0 aliphatic carbocycles.